The largest absolute Gasteiger partial charge is 0.491 e. The molecule has 0 saturated heterocycles. The Morgan fingerprint density at radius 2 is 2.09 bits per heavy atom. The molecule has 12 heteroatoms. The molecular formula is C11H10N7O5+. The van der Waals surface area contributed by atoms with Crippen LogP contribution in [0.1, 0.15) is 5.76 Å². The molecule has 2 heterocycles. The van der Waals surface area contributed by atoms with Crippen molar-refractivity contribution in [1.82, 2.24) is 9.13 Å². The van der Waals surface area contributed by atoms with Gasteiger partial charge in [-0.25, -0.2) is 4.79 Å². The first-order chi connectivity index (χ1) is 10.9. The lowest BCUT2D eigenvalue weighted by Gasteiger charge is -2.05. The van der Waals surface area contributed by atoms with Crippen molar-refractivity contribution in [2.75, 3.05) is 5.43 Å². The zero-order valence-electron chi connectivity index (χ0n) is 12.0. The number of diazo groups is 1. The van der Waals surface area contributed by atoms with Crippen LogP contribution in [-0.2, 0) is 14.1 Å². The smallest absolute Gasteiger partial charge is 0.400 e. The van der Waals surface area contributed by atoms with Gasteiger partial charge < -0.3 is 4.42 Å². The molecule has 1 N–H and O–H groups in total. The van der Waals surface area contributed by atoms with Gasteiger partial charge in [0.25, 0.3) is 0 Å². The third kappa shape index (κ3) is 2.83. The zero-order chi connectivity index (χ0) is 17.1. The maximum absolute atomic E-state index is 11.8. The molecule has 23 heavy (non-hydrogen) atoms. The number of nitrogens with zero attached hydrogens (tertiary/aromatic N) is 6. The topological polar surface area (TPSA) is 153 Å². The number of nitro groups is 1. The van der Waals surface area contributed by atoms with Crippen molar-refractivity contribution in [2.24, 2.45) is 19.2 Å². The van der Waals surface area contributed by atoms with Gasteiger partial charge in [-0.05, 0) is 6.07 Å². The molecule has 0 aliphatic heterocycles. The van der Waals surface area contributed by atoms with Gasteiger partial charge in [-0.2, -0.15) is 5.10 Å². The van der Waals surface area contributed by atoms with E-state index in [1.54, 1.807) is 0 Å². The number of aromatic nitrogens is 2. The van der Waals surface area contributed by atoms with Crippen LogP contribution in [0.5, 0.6) is 0 Å². The maximum Gasteiger partial charge on any atom is 0.491 e. The summed E-state index contributed by atoms with van der Waals surface area (Å²) in [6, 6.07) is 2.45. The lowest BCUT2D eigenvalue weighted by molar-refractivity contribution is -0.402. The van der Waals surface area contributed by atoms with Crippen LogP contribution in [0.3, 0.4) is 0 Å². The van der Waals surface area contributed by atoms with E-state index in [9.17, 15) is 19.7 Å². The molecule has 2 rings (SSSR count). The lowest BCUT2D eigenvalue weighted by Crippen LogP contribution is -2.37. The normalized spacial score (nSPS) is 10.7. The first kappa shape index (κ1) is 15.6. The minimum Gasteiger partial charge on any atom is -0.400 e. The predicted molar refractivity (Wildman–Crippen MR) is 78.2 cm³/mol. The van der Waals surface area contributed by atoms with Crippen LogP contribution in [0.2, 0.25) is 0 Å². The summed E-state index contributed by atoms with van der Waals surface area (Å²) in [5, 5.41) is 23.1. The molecule has 0 bridgehead atoms. The van der Waals surface area contributed by atoms with E-state index in [0.717, 1.165) is 21.4 Å². The third-order valence-electron chi connectivity index (χ3n) is 2.90. The van der Waals surface area contributed by atoms with Crippen molar-refractivity contribution < 1.29 is 9.34 Å². The first-order valence-corrected chi connectivity index (χ1v) is 6.05. The van der Waals surface area contributed by atoms with Crippen molar-refractivity contribution in [3.63, 3.8) is 0 Å². The molecule has 0 atom stereocenters. The Morgan fingerprint density at radius 3 is 2.65 bits per heavy atom. The summed E-state index contributed by atoms with van der Waals surface area (Å²) in [6.45, 7) is 0. The molecular weight excluding hydrogens is 310 g/mol. The van der Waals surface area contributed by atoms with Crippen molar-refractivity contribution in [3.8, 4) is 0 Å². The van der Waals surface area contributed by atoms with Gasteiger partial charge in [0, 0.05) is 14.1 Å². The summed E-state index contributed by atoms with van der Waals surface area (Å²) in [5.41, 5.74) is 0.468. The van der Waals surface area contributed by atoms with Crippen molar-refractivity contribution in [1.29, 1.82) is 5.39 Å². The van der Waals surface area contributed by atoms with Crippen LogP contribution >= 0.6 is 0 Å². The van der Waals surface area contributed by atoms with Gasteiger partial charge in [0.1, 0.15) is 4.92 Å². The van der Waals surface area contributed by atoms with E-state index in [4.69, 9.17) is 9.81 Å². The molecule has 0 spiro atoms. The fourth-order valence-corrected chi connectivity index (χ4v) is 1.71. The van der Waals surface area contributed by atoms with Crippen molar-refractivity contribution in [2.45, 2.75) is 0 Å². The fourth-order valence-electron chi connectivity index (χ4n) is 1.71. The summed E-state index contributed by atoms with van der Waals surface area (Å²) in [7, 11) is 2.57. The van der Waals surface area contributed by atoms with Crippen LogP contribution in [0, 0.1) is 15.5 Å². The molecule has 2 aromatic heterocycles. The minimum atomic E-state index is -0.818. The van der Waals surface area contributed by atoms with E-state index in [2.05, 4.69) is 15.5 Å². The highest BCUT2D eigenvalue weighted by molar-refractivity contribution is 5.77. The summed E-state index contributed by atoms with van der Waals surface area (Å²) in [6.07, 6.45) is 1.09. The highest BCUT2D eigenvalue weighted by Crippen LogP contribution is 2.18. The highest BCUT2D eigenvalue weighted by atomic mass is 16.6. The van der Waals surface area contributed by atoms with E-state index in [-0.39, 0.29) is 11.6 Å². The molecule has 0 aliphatic carbocycles. The number of nitrogens with one attached hydrogen (secondary N) is 1. The maximum atomic E-state index is 11.8. The molecule has 0 unspecified atom stereocenters. The molecule has 0 aromatic carbocycles. The van der Waals surface area contributed by atoms with E-state index in [1.165, 1.54) is 20.2 Å². The fraction of sp³-hybridized carbons (Fsp3) is 0.182. The molecule has 0 radical (unpaired) electrons. The monoisotopic (exact) mass is 320 g/mol. The summed E-state index contributed by atoms with van der Waals surface area (Å²) >= 11 is 0. The minimum absolute atomic E-state index is 0.0699. The number of furan rings is 1. The van der Waals surface area contributed by atoms with Gasteiger partial charge in [0.2, 0.25) is 11.2 Å². The number of anilines is 1. The number of hydrogen-bond donors (Lipinski definition) is 1. The quantitative estimate of drug-likeness (QED) is 0.373. The van der Waals surface area contributed by atoms with Crippen molar-refractivity contribution >= 4 is 23.6 Å². The second-order valence-corrected chi connectivity index (χ2v) is 4.31. The molecule has 118 valence electrons. The van der Waals surface area contributed by atoms with E-state index >= 15 is 0 Å². The highest BCUT2D eigenvalue weighted by Gasteiger charge is 2.26. The van der Waals surface area contributed by atoms with Crippen molar-refractivity contribution in [3.05, 3.63) is 53.8 Å². The Morgan fingerprint density at radius 1 is 1.39 bits per heavy atom. The Kier molecular flexibility index (Phi) is 4.03. The Labute approximate surface area is 127 Å². The predicted octanol–water partition coefficient (Wildman–Crippen LogP) is 0.516. The van der Waals surface area contributed by atoms with Gasteiger partial charge in [-0.15, -0.1) is 0 Å². The number of hydrazone groups is 1. The summed E-state index contributed by atoms with van der Waals surface area (Å²) in [4.78, 5) is 36.2. The molecule has 2 aromatic rings. The molecule has 12 nitrogen and oxygen atoms in total. The van der Waals surface area contributed by atoms with Gasteiger partial charge in [-0.3, -0.25) is 29.5 Å². The average molecular weight is 320 g/mol. The van der Waals surface area contributed by atoms with Crippen LogP contribution in [0.15, 0.2) is 31.2 Å². The Balaban J connectivity index is 2.35. The third-order valence-corrected chi connectivity index (χ3v) is 2.90. The van der Waals surface area contributed by atoms with Gasteiger partial charge in [0.15, 0.2) is 10.7 Å². The number of rotatable bonds is 4. The standard InChI is InChI=1S/C11H9N7O5/c1-16-9(8(14-12)10(19)17(2)11(16)20)15-13-5-6-3-4-7(23-6)18(21)22/h3-5H,1-2H3/p+1/b13-5-. The second kappa shape index (κ2) is 5.93. The zero-order valence-corrected chi connectivity index (χ0v) is 12.0. The number of hydrogen-bond acceptors (Lipinski definition) is 8. The van der Waals surface area contributed by atoms with Gasteiger partial charge in [0.05, 0.1) is 12.3 Å². The van der Waals surface area contributed by atoms with Crippen LogP contribution in [-0.4, -0.2) is 20.3 Å². The summed E-state index contributed by atoms with van der Waals surface area (Å²) < 4.78 is 6.62. The second-order valence-electron chi connectivity index (χ2n) is 4.31. The van der Waals surface area contributed by atoms with E-state index < -0.39 is 27.7 Å². The molecule has 0 fully saturated rings. The Hall–Kier alpha value is -3.75. The van der Waals surface area contributed by atoms with E-state index in [0.29, 0.717) is 0 Å². The van der Waals surface area contributed by atoms with Gasteiger partial charge >= 0.3 is 22.8 Å². The van der Waals surface area contributed by atoms with Crippen LogP contribution in [0.4, 0.5) is 17.4 Å². The summed E-state index contributed by atoms with van der Waals surface area (Å²) in [5.74, 6) is -0.545. The average Bonchev–Trinajstić information content (AvgIpc) is 2.99. The van der Waals surface area contributed by atoms with Crippen LogP contribution in [0.25, 0.3) is 4.98 Å². The lowest BCUT2D eigenvalue weighted by atomic mass is 10.4. The molecule has 0 saturated carbocycles. The molecule has 0 amide bonds. The SMILES string of the molecule is Cn1c(N/N=C\c2ccc([N+](=O)[O-])o2)c([N+]#N)c(=O)n(C)c1=O. The molecule has 0 aliphatic rings. The Bertz CT molecular complexity index is 959. The van der Waals surface area contributed by atoms with E-state index in [1.807, 2.05) is 0 Å². The first-order valence-electron chi connectivity index (χ1n) is 6.05. The van der Waals surface area contributed by atoms with Crippen LogP contribution < -0.4 is 16.7 Å². The van der Waals surface area contributed by atoms with Gasteiger partial charge in [-0.1, -0.05) is 0 Å².